The first-order valence-corrected chi connectivity index (χ1v) is 17.7. The van der Waals surface area contributed by atoms with Gasteiger partial charge in [0.1, 0.15) is 36.9 Å². The Morgan fingerprint density at radius 3 is 1.25 bits per heavy atom. The van der Waals surface area contributed by atoms with E-state index in [1.54, 1.807) is 0 Å². The first-order chi connectivity index (χ1) is 25.8. The van der Waals surface area contributed by atoms with Gasteiger partial charge in [-0.05, 0) is 114 Å². The van der Waals surface area contributed by atoms with Crippen LogP contribution < -0.4 is 14.4 Å². The first-order valence-electron chi connectivity index (χ1n) is 17.7. The van der Waals surface area contributed by atoms with Gasteiger partial charge in [-0.15, -0.1) is 0 Å². The molecule has 0 saturated heterocycles. The number of benzene rings is 6. The highest BCUT2D eigenvalue weighted by atomic mass is 16.5. The van der Waals surface area contributed by atoms with Crippen LogP contribution in [-0.2, 0) is 0 Å². The number of aryl methyl sites for hydroxylation is 2. The normalized spacial score (nSPS) is 12.1. The minimum absolute atomic E-state index is 0.00217. The van der Waals surface area contributed by atoms with Crippen molar-refractivity contribution in [3.8, 4) is 22.6 Å². The van der Waals surface area contributed by atoms with E-state index in [4.69, 9.17) is 19.7 Å². The molecule has 4 N–H and O–H groups in total. The Kier molecular flexibility index (Phi) is 12.4. The molecular formula is C46H45NO6. The minimum Gasteiger partial charge on any atom is -0.491 e. The lowest BCUT2D eigenvalue weighted by Crippen LogP contribution is -2.21. The zero-order valence-electron chi connectivity index (χ0n) is 30.0. The molecule has 2 atom stereocenters. The molecule has 6 aromatic carbocycles. The van der Waals surface area contributed by atoms with Gasteiger partial charge in [-0.25, -0.2) is 0 Å². The predicted molar refractivity (Wildman–Crippen MR) is 213 cm³/mol. The third-order valence-electron chi connectivity index (χ3n) is 8.90. The van der Waals surface area contributed by atoms with E-state index in [0.717, 1.165) is 50.5 Å². The highest BCUT2D eigenvalue weighted by molar-refractivity contribution is 5.92. The van der Waals surface area contributed by atoms with E-state index in [0.29, 0.717) is 11.5 Å². The van der Waals surface area contributed by atoms with Crippen LogP contribution in [0, 0.1) is 13.8 Å². The van der Waals surface area contributed by atoms with E-state index < -0.39 is 12.2 Å². The number of nitrogens with zero attached hydrogens (tertiary/aromatic N) is 1. The van der Waals surface area contributed by atoms with Crippen LogP contribution in [0.1, 0.15) is 27.8 Å². The predicted octanol–water partition coefficient (Wildman–Crippen LogP) is 8.49. The molecule has 53 heavy (non-hydrogen) atoms. The second-order valence-electron chi connectivity index (χ2n) is 13.1. The smallest absolute Gasteiger partial charge is 0.119 e. The van der Waals surface area contributed by atoms with Crippen LogP contribution in [0.25, 0.3) is 22.8 Å². The lowest BCUT2D eigenvalue weighted by molar-refractivity contribution is 0.0536. The van der Waals surface area contributed by atoms with Crippen molar-refractivity contribution < 1.29 is 29.9 Å². The van der Waals surface area contributed by atoms with Gasteiger partial charge in [-0.1, -0.05) is 96.1 Å². The highest BCUT2D eigenvalue weighted by Crippen LogP contribution is 2.36. The van der Waals surface area contributed by atoms with Gasteiger partial charge in [-0.3, -0.25) is 0 Å². The summed E-state index contributed by atoms with van der Waals surface area (Å²) in [5, 5.41) is 37.6. The van der Waals surface area contributed by atoms with Crippen LogP contribution in [0.4, 0.5) is 17.1 Å². The number of rotatable bonds is 15. The molecule has 6 rings (SSSR count). The summed E-state index contributed by atoms with van der Waals surface area (Å²) in [4.78, 5) is 2.27. The van der Waals surface area contributed by atoms with Crippen molar-refractivity contribution in [1.29, 1.82) is 0 Å². The summed E-state index contributed by atoms with van der Waals surface area (Å²) in [5.74, 6) is 1.17. The van der Waals surface area contributed by atoms with E-state index in [1.807, 2.05) is 48.5 Å². The maximum atomic E-state index is 9.68. The van der Waals surface area contributed by atoms with Crippen LogP contribution >= 0.6 is 0 Å². The zero-order chi connectivity index (χ0) is 37.2. The number of anilines is 3. The Labute approximate surface area is 311 Å². The second-order valence-corrected chi connectivity index (χ2v) is 13.1. The molecular weight excluding hydrogens is 663 g/mol. The van der Waals surface area contributed by atoms with Gasteiger partial charge >= 0.3 is 0 Å². The van der Waals surface area contributed by atoms with Crippen molar-refractivity contribution in [2.45, 2.75) is 26.1 Å². The molecule has 0 spiro atoms. The first kappa shape index (κ1) is 37.1. The molecule has 270 valence electrons. The average molecular weight is 708 g/mol. The van der Waals surface area contributed by atoms with E-state index in [2.05, 4.69) is 122 Å². The fourth-order valence-corrected chi connectivity index (χ4v) is 5.86. The lowest BCUT2D eigenvalue weighted by atomic mass is 9.95. The largest absolute Gasteiger partial charge is 0.491 e. The van der Waals surface area contributed by atoms with Crippen molar-refractivity contribution in [3.05, 3.63) is 173 Å². The number of ether oxygens (including phenoxy) is 2. The quantitative estimate of drug-likeness (QED) is 0.0795. The van der Waals surface area contributed by atoms with Gasteiger partial charge in [0.05, 0.1) is 13.2 Å². The van der Waals surface area contributed by atoms with Crippen LogP contribution in [0.5, 0.6) is 11.5 Å². The summed E-state index contributed by atoms with van der Waals surface area (Å²) < 4.78 is 11.3. The fourth-order valence-electron chi connectivity index (χ4n) is 5.86. The maximum Gasteiger partial charge on any atom is 0.119 e. The highest BCUT2D eigenvalue weighted by Gasteiger charge is 2.14. The minimum atomic E-state index is -0.947. The SMILES string of the molecule is Cc1ccc(N(c2ccc(C)cc2)c2ccc(-c3ccc(C=C(c4ccc(OCC(O)CO)cc4)c4ccc(OCC(O)CO)cc4)cc3)cc2)cc1. The van der Waals surface area contributed by atoms with Crippen LogP contribution in [0.2, 0.25) is 0 Å². The number of hydrogen-bond donors (Lipinski definition) is 4. The van der Waals surface area contributed by atoms with Gasteiger partial charge in [0.25, 0.3) is 0 Å². The van der Waals surface area contributed by atoms with Gasteiger partial charge in [-0.2, -0.15) is 0 Å². The Morgan fingerprint density at radius 1 is 0.509 bits per heavy atom. The molecule has 0 amide bonds. The molecule has 0 aliphatic rings. The summed E-state index contributed by atoms with van der Waals surface area (Å²) in [6.07, 6.45) is 0.236. The van der Waals surface area contributed by atoms with Gasteiger partial charge in [0.2, 0.25) is 0 Å². The average Bonchev–Trinajstić information content (AvgIpc) is 3.20. The van der Waals surface area contributed by atoms with Crippen LogP contribution in [0.15, 0.2) is 146 Å². The zero-order valence-corrected chi connectivity index (χ0v) is 30.0. The monoisotopic (exact) mass is 707 g/mol. The van der Waals surface area contributed by atoms with Crippen molar-refractivity contribution in [3.63, 3.8) is 0 Å². The second kappa shape index (κ2) is 17.7. The summed E-state index contributed by atoms with van der Waals surface area (Å²) in [6, 6.07) is 49.5. The van der Waals surface area contributed by atoms with E-state index in [1.165, 1.54) is 11.1 Å². The number of aliphatic hydroxyl groups excluding tert-OH is 4. The summed E-state index contributed by atoms with van der Waals surface area (Å²) in [7, 11) is 0. The third kappa shape index (κ3) is 9.80. The molecule has 0 aliphatic carbocycles. The number of hydrogen-bond acceptors (Lipinski definition) is 7. The van der Waals surface area contributed by atoms with E-state index in [-0.39, 0.29) is 26.4 Å². The molecule has 0 bridgehead atoms. The van der Waals surface area contributed by atoms with Crippen molar-refractivity contribution in [2.75, 3.05) is 31.3 Å². The lowest BCUT2D eigenvalue weighted by Gasteiger charge is -2.26. The Balaban J connectivity index is 1.26. The van der Waals surface area contributed by atoms with Gasteiger partial charge < -0.3 is 34.8 Å². The Bertz CT molecular complexity index is 1950. The summed E-state index contributed by atoms with van der Waals surface area (Å²) >= 11 is 0. The topological polar surface area (TPSA) is 103 Å². The summed E-state index contributed by atoms with van der Waals surface area (Å²) in [6.45, 7) is 3.46. The van der Waals surface area contributed by atoms with Crippen LogP contribution in [-0.4, -0.2) is 59.1 Å². The molecule has 0 heterocycles. The van der Waals surface area contributed by atoms with Crippen LogP contribution in [0.3, 0.4) is 0 Å². The molecule has 2 unspecified atom stereocenters. The van der Waals surface area contributed by atoms with E-state index >= 15 is 0 Å². The molecule has 7 heteroatoms. The maximum absolute atomic E-state index is 9.68. The van der Waals surface area contributed by atoms with Gasteiger partial charge in [0.15, 0.2) is 0 Å². The molecule has 0 fully saturated rings. The Hall–Kier alpha value is -5.70. The van der Waals surface area contributed by atoms with Gasteiger partial charge in [0, 0.05) is 17.1 Å². The van der Waals surface area contributed by atoms with Crippen molar-refractivity contribution >= 4 is 28.7 Å². The molecule has 7 nitrogen and oxygen atoms in total. The Morgan fingerprint density at radius 2 is 0.868 bits per heavy atom. The molecule has 0 saturated carbocycles. The summed E-state index contributed by atoms with van der Waals surface area (Å²) in [5.41, 5.74) is 11.8. The molecule has 0 aliphatic heterocycles. The van der Waals surface area contributed by atoms with E-state index in [9.17, 15) is 10.2 Å². The molecule has 6 aromatic rings. The number of aliphatic hydroxyl groups is 4. The van der Waals surface area contributed by atoms with Crippen molar-refractivity contribution in [1.82, 2.24) is 0 Å². The fraction of sp³-hybridized carbons (Fsp3) is 0.174. The van der Waals surface area contributed by atoms with Crippen molar-refractivity contribution in [2.24, 2.45) is 0 Å². The molecule has 0 aromatic heterocycles. The molecule has 0 radical (unpaired) electrons. The third-order valence-corrected chi connectivity index (χ3v) is 8.90. The standard InChI is InChI=1S/C46H45NO6/c1-32-3-17-39(18-4-32)47(40-19-5-33(2)6-20-40)41-21-11-36(12-22-41)35-9-7-34(8-10-35)27-46(37-13-23-44(24-14-37)52-30-42(50)28-48)38-15-25-45(26-16-38)53-31-43(51)29-49/h3-27,42-43,48-51H,28-31H2,1-2H3.